The van der Waals surface area contributed by atoms with E-state index in [0.29, 0.717) is 0 Å². The number of aromatic nitrogens is 2. The van der Waals surface area contributed by atoms with Crippen LogP contribution in [-0.4, -0.2) is 9.97 Å². The fourth-order valence-electron chi connectivity index (χ4n) is 1.48. The summed E-state index contributed by atoms with van der Waals surface area (Å²) in [5, 5.41) is 0. The average Bonchev–Trinajstić information content (AvgIpc) is 2.53. The minimum Gasteiger partial charge on any atom is -0.346 e. The van der Waals surface area contributed by atoms with Gasteiger partial charge in [0.15, 0.2) is 0 Å². The molecule has 2 nitrogen and oxygen atoms in total. The second-order valence-corrected chi connectivity index (χ2v) is 4.56. The second-order valence-electron chi connectivity index (χ2n) is 3.19. The minimum absolute atomic E-state index is 0.808. The Bertz CT molecular complexity index is 370. The molecular weight excluding hydrogens is 200 g/mol. The maximum Gasteiger partial charge on any atom is 0.134 e. The summed E-state index contributed by atoms with van der Waals surface area (Å²) in [6.07, 6.45) is 2.12. The third kappa shape index (κ3) is 1.79. The Kier molecular flexibility index (Phi) is 2.69. The standard InChI is InChI=1S/C9H12N2S2/c1-2-3-8-10-7-5-13-4-6(7)9(12)11-8/h2-5H2,1H3,(H,10,11,12). The highest BCUT2D eigenvalue weighted by Crippen LogP contribution is 2.28. The highest BCUT2D eigenvalue weighted by molar-refractivity contribution is 7.98. The molecule has 1 N–H and O–H groups in total. The van der Waals surface area contributed by atoms with Crippen molar-refractivity contribution in [2.24, 2.45) is 0 Å². The number of thioether (sulfide) groups is 1. The first kappa shape index (κ1) is 9.21. The zero-order valence-corrected chi connectivity index (χ0v) is 9.23. The maximum atomic E-state index is 5.24. The molecule has 0 aliphatic carbocycles. The highest BCUT2D eigenvalue weighted by atomic mass is 32.2. The number of nitrogens with one attached hydrogen (secondary N) is 1. The van der Waals surface area contributed by atoms with Gasteiger partial charge in [0.2, 0.25) is 0 Å². The van der Waals surface area contributed by atoms with E-state index in [1.165, 1.54) is 11.3 Å². The van der Waals surface area contributed by atoms with E-state index in [4.69, 9.17) is 12.2 Å². The van der Waals surface area contributed by atoms with Crippen LogP contribution in [0, 0.1) is 4.64 Å². The first-order valence-electron chi connectivity index (χ1n) is 4.50. The minimum atomic E-state index is 0.808. The molecule has 0 atom stereocenters. The van der Waals surface area contributed by atoms with Crippen molar-refractivity contribution in [2.75, 3.05) is 0 Å². The molecule has 1 aromatic rings. The Hall–Kier alpha value is -0.350. The van der Waals surface area contributed by atoms with E-state index in [2.05, 4.69) is 16.9 Å². The molecule has 0 radical (unpaired) electrons. The Morgan fingerprint density at radius 2 is 2.38 bits per heavy atom. The van der Waals surface area contributed by atoms with E-state index in [1.807, 2.05) is 11.8 Å². The van der Waals surface area contributed by atoms with Crippen LogP contribution in [0.5, 0.6) is 0 Å². The van der Waals surface area contributed by atoms with Gasteiger partial charge in [-0.15, -0.1) is 0 Å². The number of fused-ring (bicyclic) bond motifs is 1. The van der Waals surface area contributed by atoms with Crippen molar-refractivity contribution < 1.29 is 0 Å². The zero-order chi connectivity index (χ0) is 9.26. The predicted octanol–water partition coefficient (Wildman–Crippen LogP) is 2.84. The van der Waals surface area contributed by atoms with Crippen LogP contribution in [-0.2, 0) is 17.9 Å². The van der Waals surface area contributed by atoms with Crippen molar-refractivity contribution in [1.82, 2.24) is 9.97 Å². The molecule has 0 saturated heterocycles. The van der Waals surface area contributed by atoms with Crippen molar-refractivity contribution in [3.63, 3.8) is 0 Å². The van der Waals surface area contributed by atoms with Gasteiger partial charge in [-0.1, -0.05) is 19.1 Å². The Labute approximate surface area is 87.2 Å². The lowest BCUT2D eigenvalue weighted by molar-refractivity contribution is 0.816. The van der Waals surface area contributed by atoms with Gasteiger partial charge in [-0.05, 0) is 6.42 Å². The number of hydrogen-bond donors (Lipinski definition) is 1. The summed E-state index contributed by atoms with van der Waals surface area (Å²) in [7, 11) is 0. The van der Waals surface area contributed by atoms with Crippen LogP contribution in [0.15, 0.2) is 0 Å². The van der Waals surface area contributed by atoms with Crippen LogP contribution in [0.1, 0.15) is 30.4 Å². The van der Waals surface area contributed by atoms with Gasteiger partial charge in [0.1, 0.15) is 10.5 Å². The monoisotopic (exact) mass is 212 g/mol. The van der Waals surface area contributed by atoms with Gasteiger partial charge >= 0.3 is 0 Å². The van der Waals surface area contributed by atoms with Crippen molar-refractivity contribution in [3.8, 4) is 0 Å². The lowest BCUT2D eigenvalue weighted by Gasteiger charge is -2.02. The molecule has 0 amide bonds. The summed E-state index contributed by atoms with van der Waals surface area (Å²) >= 11 is 7.14. The molecule has 1 aliphatic heterocycles. The molecule has 70 valence electrons. The molecule has 1 aliphatic rings. The zero-order valence-electron chi connectivity index (χ0n) is 7.59. The predicted molar refractivity (Wildman–Crippen MR) is 58.4 cm³/mol. The van der Waals surface area contributed by atoms with Crippen LogP contribution in [0.3, 0.4) is 0 Å². The van der Waals surface area contributed by atoms with Crippen molar-refractivity contribution >= 4 is 24.0 Å². The largest absolute Gasteiger partial charge is 0.346 e. The first-order valence-corrected chi connectivity index (χ1v) is 6.06. The molecule has 1 aromatic heterocycles. The molecule has 0 saturated carbocycles. The van der Waals surface area contributed by atoms with E-state index in [-0.39, 0.29) is 0 Å². The number of aromatic amines is 1. The van der Waals surface area contributed by atoms with E-state index in [1.54, 1.807) is 0 Å². The average molecular weight is 212 g/mol. The Balaban J connectivity index is 2.44. The van der Waals surface area contributed by atoms with Crippen LogP contribution in [0.25, 0.3) is 0 Å². The van der Waals surface area contributed by atoms with E-state index >= 15 is 0 Å². The van der Waals surface area contributed by atoms with Crippen LogP contribution in [0.4, 0.5) is 0 Å². The number of H-pyrrole nitrogens is 1. The van der Waals surface area contributed by atoms with E-state index in [9.17, 15) is 0 Å². The van der Waals surface area contributed by atoms with Crippen molar-refractivity contribution in [3.05, 3.63) is 21.7 Å². The molecule has 0 fully saturated rings. The molecule has 0 bridgehead atoms. The van der Waals surface area contributed by atoms with Gasteiger partial charge in [0.25, 0.3) is 0 Å². The molecule has 0 aromatic carbocycles. The summed E-state index contributed by atoms with van der Waals surface area (Å²) in [4.78, 5) is 7.75. The smallest absolute Gasteiger partial charge is 0.134 e. The molecule has 0 spiro atoms. The molecule has 2 rings (SSSR count). The third-order valence-corrected chi connectivity index (χ3v) is 3.46. The van der Waals surface area contributed by atoms with Crippen LogP contribution in [0.2, 0.25) is 0 Å². The summed E-state index contributed by atoms with van der Waals surface area (Å²) < 4.78 is 0.808. The quantitative estimate of drug-likeness (QED) is 0.764. The lowest BCUT2D eigenvalue weighted by atomic mass is 10.2. The van der Waals surface area contributed by atoms with Crippen molar-refractivity contribution in [1.29, 1.82) is 0 Å². The molecule has 0 unspecified atom stereocenters. The fourth-order valence-corrected chi connectivity index (χ4v) is 2.94. The van der Waals surface area contributed by atoms with Crippen molar-refractivity contribution in [2.45, 2.75) is 31.3 Å². The maximum absolute atomic E-state index is 5.24. The Morgan fingerprint density at radius 1 is 1.54 bits per heavy atom. The molecule has 2 heterocycles. The number of hydrogen-bond acceptors (Lipinski definition) is 3. The van der Waals surface area contributed by atoms with Gasteiger partial charge in [-0.25, -0.2) is 4.98 Å². The first-order chi connectivity index (χ1) is 6.31. The summed E-state index contributed by atoms with van der Waals surface area (Å²) in [5.74, 6) is 3.15. The van der Waals surface area contributed by atoms with E-state index < -0.39 is 0 Å². The molecule has 13 heavy (non-hydrogen) atoms. The lowest BCUT2D eigenvalue weighted by Crippen LogP contribution is -2.00. The topological polar surface area (TPSA) is 28.7 Å². The SMILES string of the molecule is CCCc1nc(=S)c2c([nH]1)CSC2. The normalized spacial score (nSPS) is 14.5. The van der Waals surface area contributed by atoms with Crippen LogP contribution < -0.4 is 0 Å². The number of aryl methyl sites for hydroxylation is 1. The number of rotatable bonds is 2. The number of nitrogens with zero attached hydrogens (tertiary/aromatic N) is 1. The third-order valence-electron chi connectivity index (χ3n) is 2.13. The van der Waals surface area contributed by atoms with Gasteiger partial charge < -0.3 is 4.98 Å². The van der Waals surface area contributed by atoms with Gasteiger partial charge in [-0.3, -0.25) is 0 Å². The molecular formula is C9H12N2S2. The summed E-state index contributed by atoms with van der Waals surface area (Å²) in [6.45, 7) is 2.15. The fraction of sp³-hybridized carbons (Fsp3) is 0.556. The van der Waals surface area contributed by atoms with E-state index in [0.717, 1.165) is 34.8 Å². The molecule has 4 heteroatoms. The second kappa shape index (κ2) is 3.80. The van der Waals surface area contributed by atoms with Gasteiger partial charge in [-0.2, -0.15) is 11.8 Å². The Morgan fingerprint density at radius 3 is 3.15 bits per heavy atom. The highest BCUT2D eigenvalue weighted by Gasteiger charge is 2.14. The van der Waals surface area contributed by atoms with Crippen LogP contribution >= 0.6 is 24.0 Å². The summed E-state index contributed by atoms with van der Waals surface area (Å²) in [6, 6.07) is 0. The van der Waals surface area contributed by atoms with Gasteiger partial charge in [0.05, 0.1) is 0 Å². The summed E-state index contributed by atoms with van der Waals surface area (Å²) in [5.41, 5.74) is 2.55. The van der Waals surface area contributed by atoms with Gasteiger partial charge in [0, 0.05) is 29.2 Å².